The summed E-state index contributed by atoms with van der Waals surface area (Å²) < 4.78 is 0. The van der Waals surface area contributed by atoms with Gasteiger partial charge in [-0.2, -0.15) is 0 Å². The average Bonchev–Trinajstić information content (AvgIpc) is 2.90. The summed E-state index contributed by atoms with van der Waals surface area (Å²) in [6.45, 7) is 0. The third kappa shape index (κ3) is 2.58. The molecule has 2 aliphatic rings. The van der Waals surface area contributed by atoms with Crippen molar-refractivity contribution in [2.75, 3.05) is 4.90 Å². The van der Waals surface area contributed by atoms with E-state index in [9.17, 15) is 0 Å². The normalized spacial score (nSPS) is 14.7. The molecule has 0 fully saturated rings. The predicted molar refractivity (Wildman–Crippen MR) is 142 cm³/mol. The van der Waals surface area contributed by atoms with Crippen molar-refractivity contribution in [3.8, 4) is 0 Å². The van der Waals surface area contributed by atoms with Gasteiger partial charge < -0.3 is 4.90 Å². The van der Waals surface area contributed by atoms with E-state index in [1.54, 1.807) is 11.8 Å². The van der Waals surface area contributed by atoms with E-state index in [0.29, 0.717) is 0 Å². The van der Waals surface area contributed by atoms with Crippen molar-refractivity contribution in [3.63, 3.8) is 0 Å². The summed E-state index contributed by atoms with van der Waals surface area (Å²) in [6.07, 6.45) is 0. The Hall–Kier alpha value is -3.46. The molecule has 0 N–H and O–H groups in total. The molecule has 34 heavy (non-hydrogen) atoms. The highest BCUT2D eigenvalue weighted by Gasteiger charge is 2.50. The first-order valence-corrected chi connectivity index (χ1v) is 12.6. The summed E-state index contributed by atoms with van der Waals surface area (Å²) in [5, 5.41) is 0.803. The van der Waals surface area contributed by atoms with Crippen molar-refractivity contribution in [1.29, 1.82) is 0 Å². The van der Waals surface area contributed by atoms with Crippen LogP contribution in [0.2, 0.25) is 5.02 Å². The fourth-order valence-electron chi connectivity index (χ4n) is 5.71. The van der Waals surface area contributed by atoms with Crippen LogP contribution in [0, 0.1) is 0 Å². The van der Waals surface area contributed by atoms with Crippen molar-refractivity contribution in [2.24, 2.45) is 0 Å². The molecule has 0 amide bonds. The minimum atomic E-state index is -0.458. The molecule has 0 radical (unpaired) electrons. The molecule has 0 aliphatic carbocycles. The number of anilines is 3. The molecule has 162 valence electrons. The summed E-state index contributed by atoms with van der Waals surface area (Å²) in [6, 6.07) is 43.5. The second kappa shape index (κ2) is 7.53. The van der Waals surface area contributed by atoms with E-state index in [4.69, 9.17) is 11.6 Å². The molecule has 1 nitrogen and oxygen atoms in total. The van der Waals surface area contributed by atoms with Gasteiger partial charge in [0.05, 0.1) is 21.8 Å². The van der Waals surface area contributed by atoms with Gasteiger partial charge in [0.25, 0.3) is 0 Å². The summed E-state index contributed by atoms with van der Waals surface area (Å²) in [4.78, 5) is 4.78. The fraction of sp³-hybridized carbons (Fsp3) is 0.0323. The molecule has 2 heterocycles. The summed E-state index contributed by atoms with van der Waals surface area (Å²) in [5.74, 6) is 0. The molecule has 0 unspecified atom stereocenters. The zero-order valence-electron chi connectivity index (χ0n) is 18.3. The molecule has 1 spiro atoms. The van der Waals surface area contributed by atoms with Gasteiger partial charge in [-0.1, -0.05) is 108 Å². The van der Waals surface area contributed by atoms with Crippen molar-refractivity contribution in [1.82, 2.24) is 0 Å². The Morgan fingerprint density at radius 2 is 1.09 bits per heavy atom. The number of para-hydroxylation sites is 3. The lowest BCUT2D eigenvalue weighted by Crippen LogP contribution is -2.39. The van der Waals surface area contributed by atoms with Gasteiger partial charge in [0.1, 0.15) is 0 Å². The molecule has 0 saturated heterocycles. The average molecular weight is 474 g/mol. The molecular weight excluding hydrogens is 454 g/mol. The number of rotatable bonds is 1. The summed E-state index contributed by atoms with van der Waals surface area (Å²) >= 11 is 8.64. The first-order chi connectivity index (χ1) is 16.8. The highest BCUT2D eigenvalue weighted by atomic mass is 35.5. The molecule has 2 aliphatic heterocycles. The maximum atomic E-state index is 6.86. The molecular formula is C31H20ClNS. The highest BCUT2D eigenvalue weighted by Crippen LogP contribution is 2.63. The zero-order valence-corrected chi connectivity index (χ0v) is 19.9. The van der Waals surface area contributed by atoms with E-state index in [1.807, 2.05) is 6.07 Å². The van der Waals surface area contributed by atoms with Gasteiger partial charge in [-0.25, -0.2) is 0 Å². The van der Waals surface area contributed by atoms with Crippen LogP contribution in [0.3, 0.4) is 0 Å². The van der Waals surface area contributed by atoms with Crippen molar-refractivity contribution in [3.05, 3.63) is 149 Å². The number of halogens is 1. The third-order valence-electron chi connectivity index (χ3n) is 6.99. The Labute approximate surface area is 208 Å². The summed E-state index contributed by atoms with van der Waals surface area (Å²) in [7, 11) is 0. The Bertz CT molecular complexity index is 1510. The standard InChI is InChI=1S/C31H20ClNS/c32-26-17-10-16-25-30(26)34-29-20-9-6-15-24(29)31(25)22-13-4-7-18-27(22)33(21-11-2-1-3-12-21)28-19-8-5-14-23(28)31/h1-20H. The minimum absolute atomic E-state index is 0.458. The molecule has 0 aromatic heterocycles. The molecule has 7 rings (SSSR count). The molecule has 0 bridgehead atoms. The first-order valence-electron chi connectivity index (χ1n) is 11.4. The van der Waals surface area contributed by atoms with Crippen LogP contribution in [-0.4, -0.2) is 0 Å². The van der Waals surface area contributed by atoms with Gasteiger partial charge in [0.2, 0.25) is 0 Å². The van der Waals surface area contributed by atoms with Crippen molar-refractivity contribution >= 4 is 40.4 Å². The monoisotopic (exact) mass is 473 g/mol. The lowest BCUT2D eigenvalue weighted by Gasteiger charge is -2.49. The second-order valence-corrected chi connectivity index (χ2v) is 10.1. The van der Waals surface area contributed by atoms with Crippen LogP contribution in [-0.2, 0) is 5.41 Å². The SMILES string of the molecule is Clc1cccc2c1Sc1ccccc1C21c2ccccc2N(c2ccccc2)c2ccccc21. The zero-order chi connectivity index (χ0) is 22.7. The van der Waals surface area contributed by atoms with Gasteiger partial charge in [0.15, 0.2) is 0 Å². The van der Waals surface area contributed by atoms with Crippen molar-refractivity contribution in [2.45, 2.75) is 15.2 Å². The lowest BCUT2D eigenvalue weighted by molar-refractivity contribution is 0.692. The number of fused-ring (bicyclic) bond motifs is 8. The van der Waals surface area contributed by atoms with Gasteiger partial charge in [-0.3, -0.25) is 0 Å². The second-order valence-electron chi connectivity index (χ2n) is 8.67. The van der Waals surface area contributed by atoms with Crippen LogP contribution in [0.4, 0.5) is 17.1 Å². The van der Waals surface area contributed by atoms with Crippen LogP contribution < -0.4 is 4.90 Å². The quantitative estimate of drug-likeness (QED) is 0.234. The van der Waals surface area contributed by atoms with Gasteiger partial charge in [-0.05, 0) is 58.7 Å². The van der Waals surface area contributed by atoms with Crippen LogP contribution >= 0.6 is 23.4 Å². The van der Waals surface area contributed by atoms with Crippen LogP contribution in [0.25, 0.3) is 0 Å². The molecule has 0 saturated carbocycles. The largest absolute Gasteiger partial charge is 0.310 e. The minimum Gasteiger partial charge on any atom is -0.310 e. The summed E-state index contributed by atoms with van der Waals surface area (Å²) in [5.41, 5.74) is 8.18. The van der Waals surface area contributed by atoms with E-state index in [1.165, 1.54) is 38.5 Å². The van der Waals surface area contributed by atoms with E-state index < -0.39 is 5.41 Å². The molecule has 5 aromatic carbocycles. The van der Waals surface area contributed by atoms with Crippen molar-refractivity contribution < 1.29 is 0 Å². The number of hydrogen-bond donors (Lipinski definition) is 0. The van der Waals surface area contributed by atoms with Gasteiger partial charge in [-0.15, -0.1) is 0 Å². The van der Waals surface area contributed by atoms with Crippen LogP contribution in [0.1, 0.15) is 22.3 Å². The lowest BCUT2D eigenvalue weighted by atomic mass is 9.62. The highest BCUT2D eigenvalue weighted by molar-refractivity contribution is 7.99. The molecule has 3 heteroatoms. The van der Waals surface area contributed by atoms with E-state index in [2.05, 4.69) is 120 Å². The number of benzene rings is 5. The van der Waals surface area contributed by atoms with Crippen LogP contribution in [0.5, 0.6) is 0 Å². The molecule has 5 aromatic rings. The number of nitrogens with zero attached hydrogens (tertiary/aromatic N) is 1. The number of hydrogen-bond acceptors (Lipinski definition) is 2. The van der Waals surface area contributed by atoms with E-state index in [0.717, 1.165) is 15.6 Å². The first kappa shape index (κ1) is 20.0. The topological polar surface area (TPSA) is 3.24 Å². The smallest absolute Gasteiger partial charge is 0.0764 e. The Morgan fingerprint density at radius 1 is 0.529 bits per heavy atom. The maximum Gasteiger partial charge on any atom is 0.0764 e. The Morgan fingerprint density at radius 3 is 1.79 bits per heavy atom. The van der Waals surface area contributed by atoms with Gasteiger partial charge >= 0.3 is 0 Å². The Kier molecular flexibility index (Phi) is 4.42. The van der Waals surface area contributed by atoms with Gasteiger partial charge in [0, 0.05) is 15.5 Å². The maximum absolute atomic E-state index is 6.86. The molecule has 0 atom stereocenters. The third-order valence-corrected chi connectivity index (χ3v) is 8.63. The fourth-order valence-corrected chi connectivity index (χ4v) is 7.19. The Balaban J connectivity index is 1.68. The van der Waals surface area contributed by atoms with E-state index >= 15 is 0 Å². The van der Waals surface area contributed by atoms with Crippen LogP contribution in [0.15, 0.2) is 131 Å². The predicted octanol–water partition coefficient (Wildman–Crippen LogP) is 8.97. The van der Waals surface area contributed by atoms with E-state index in [-0.39, 0.29) is 0 Å².